The molecule has 2 aliphatic carbocycles. The second-order valence-corrected chi connectivity index (χ2v) is 6.82. The summed E-state index contributed by atoms with van der Waals surface area (Å²) in [4.78, 5) is 7.47. The van der Waals surface area contributed by atoms with Gasteiger partial charge in [-0.2, -0.15) is 0 Å². The number of pyridine rings is 1. The van der Waals surface area contributed by atoms with Gasteiger partial charge >= 0.3 is 0 Å². The lowest BCUT2D eigenvalue weighted by Gasteiger charge is -2.29. The fourth-order valence-electron chi connectivity index (χ4n) is 3.82. The van der Waals surface area contributed by atoms with Gasteiger partial charge in [-0.3, -0.25) is 0 Å². The Bertz CT molecular complexity index is 495. The Kier molecular flexibility index (Phi) is 3.18. The van der Waals surface area contributed by atoms with Gasteiger partial charge in [0.15, 0.2) is 0 Å². The number of hydrogen-bond acceptors (Lipinski definition) is 3. The van der Waals surface area contributed by atoms with Crippen LogP contribution in [-0.4, -0.2) is 23.6 Å². The van der Waals surface area contributed by atoms with Crippen molar-refractivity contribution in [3.05, 3.63) is 23.4 Å². The van der Waals surface area contributed by atoms with E-state index < -0.39 is 0 Å². The van der Waals surface area contributed by atoms with Crippen molar-refractivity contribution in [2.24, 2.45) is 5.92 Å². The van der Waals surface area contributed by atoms with E-state index in [2.05, 4.69) is 29.3 Å². The molecule has 2 atom stereocenters. The molecule has 0 spiro atoms. The molecule has 3 aliphatic rings. The number of rotatable bonds is 5. The van der Waals surface area contributed by atoms with Crippen LogP contribution >= 0.6 is 0 Å². The summed E-state index contributed by atoms with van der Waals surface area (Å²) < 4.78 is 0. The minimum absolute atomic E-state index is 0.767. The van der Waals surface area contributed by atoms with Crippen LogP contribution in [0.25, 0.3) is 0 Å². The molecule has 1 saturated heterocycles. The van der Waals surface area contributed by atoms with Crippen LogP contribution in [0.4, 0.5) is 5.82 Å². The zero-order valence-electron chi connectivity index (χ0n) is 12.4. The first kappa shape index (κ1) is 12.6. The number of fused-ring (bicyclic) bond motifs is 2. The Balaban J connectivity index is 1.55. The number of piperidine rings is 1. The molecule has 108 valence electrons. The summed E-state index contributed by atoms with van der Waals surface area (Å²) in [5, 5.41) is 3.63. The minimum Gasteiger partial charge on any atom is -0.353 e. The Labute approximate surface area is 121 Å². The Hall–Kier alpha value is -1.09. The molecule has 0 amide bonds. The Morgan fingerprint density at radius 3 is 2.80 bits per heavy atom. The third kappa shape index (κ3) is 2.44. The fourth-order valence-corrected chi connectivity index (χ4v) is 3.82. The summed E-state index contributed by atoms with van der Waals surface area (Å²) in [6, 6.07) is 6.16. The van der Waals surface area contributed by atoms with E-state index in [4.69, 9.17) is 4.98 Å². The topological polar surface area (TPSA) is 28.2 Å². The van der Waals surface area contributed by atoms with Crippen molar-refractivity contribution in [2.75, 3.05) is 11.4 Å². The van der Waals surface area contributed by atoms with E-state index in [1.54, 1.807) is 0 Å². The van der Waals surface area contributed by atoms with Crippen molar-refractivity contribution in [3.8, 4) is 0 Å². The summed E-state index contributed by atoms with van der Waals surface area (Å²) in [5.41, 5.74) is 2.67. The van der Waals surface area contributed by atoms with Gasteiger partial charge in [-0.25, -0.2) is 4.98 Å². The molecule has 1 aliphatic heterocycles. The van der Waals surface area contributed by atoms with E-state index in [9.17, 15) is 0 Å². The third-order valence-electron chi connectivity index (χ3n) is 5.16. The highest BCUT2D eigenvalue weighted by Gasteiger charge is 2.38. The molecule has 2 saturated carbocycles. The molecule has 4 rings (SSSR count). The van der Waals surface area contributed by atoms with Crippen LogP contribution in [0.3, 0.4) is 0 Å². The van der Waals surface area contributed by atoms with Crippen molar-refractivity contribution in [1.29, 1.82) is 0 Å². The zero-order chi connectivity index (χ0) is 13.5. The van der Waals surface area contributed by atoms with Crippen LogP contribution in [0.5, 0.6) is 0 Å². The van der Waals surface area contributed by atoms with E-state index in [0.717, 1.165) is 31.0 Å². The average molecular weight is 271 g/mol. The van der Waals surface area contributed by atoms with Gasteiger partial charge in [0.05, 0.1) is 0 Å². The van der Waals surface area contributed by atoms with Crippen LogP contribution in [0.2, 0.25) is 0 Å². The zero-order valence-corrected chi connectivity index (χ0v) is 12.4. The molecular weight excluding hydrogens is 246 g/mol. The van der Waals surface area contributed by atoms with Crippen molar-refractivity contribution < 1.29 is 0 Å². The lowest BCUT2D eigenvalue weighted by atomic mass is 10.1. The lowest BCUT2D eigenvalue weighted by molar-refractivity contribution is 0.549. The molecule has 1 aromatic heterocycles. The third-order valence-corrected chi connectivity index (χ3v) is 5.16. The highest BCUT2D eigenvalue weighted by molar-refractivity contribution is 5.46. The molecule has 3 fully saturated rings. The number of anilines is 1. The molecule has 2 unspecified atom stereocenters. The first-order valence-electron chi connectivity index (χ1n) is 8.31. The Morgan fingerprint density at radius 1 is 1.25 bits per heavy atom. The largest absolute Gasteiger partial charge is 0.353 e. The van der Waals surface area contributed by atoms with Crippen LogP contribution in [-0.2, 0) is 13.0 Å². The molecule has 1 aromatic rings. The maximum atomic E-state index is 4.89. The monoisotopic (exact) mass is 271 g/mol. The van der Waals surface area contributed by atoms with Crippen molar-refractivity contribution in [1.82, 2.24) is 10.3 Å². The normalized spacial score (nSPS) is 28.4. The number of aromatic nitrogens is 1. The van der Waals surface area contributed by atoms with Crippen LogP contribution < -0.4 is 10.2 Å². The molecular formula is C17H25N3. The summed E-state index contributed by atoms with van der Waals surface area (Å²) in [6.07, 6.45) is 7.95. The van der Waals surface area contributed by atoms with Crippen LogP contribution in [0.1, 0.15) is 50.3 Å². The van der Waals surface area contributed by atoms with Gasteiger partial charge in [-0.05, 0) is 62.1 Å². The first-order chi connectivity index (χ1) is 9.81. The van der Waals surface area contributed by atoms with Gasteiger partial charge in [0, 0.05) is 30.9 Å². The van der Waals surface area contributed by atoms with Crippen LogP contribution in [0, 0.1) is 5.92 Å². The molecule has 3 nitrogen and oxygen atoms in total. The molecule has 0 radical (unpaired) electrons. The van der Waals surface area contributed by atoms with E-state index in [1.807, 2.05) is 0 Å². The number of hydrogen-bond donors (Lipinski definition) is 1. The quantitative estimate of drug-likeness (QED) is 0.892. The Morgan fingerprint density at radius 2 is 2.15 bits per heavy atom. The number of nitrogens with zero attached hydrogens (tertiary/aromatic N) is 2. The number of nitrogens with one attached hydrogen (secondary N) is 1. The smallest absolute Gasteiger partial charge is 0.129 e. The summed E-state index contributed by atoms with van der Waals surface area (Å²) in [5.74, 6) is 2.17. The lowest BCUT2D eigenvalue weighted by Crippen LogP contribution is -2.33. The summed E-state index contributed by atoms with van der Waals surface area (Å²) >= 11 is 0. The van der Waals surface area contributed by atoms with E-state index in [-0.39, 0.29) is 0 Å². The highest BCUT2D eigenvalue weighted by atomic mass is 15.2. The van der Waals surface area contributed by atoms with Gasteiger partial charge in [0.1, 0.15) is 5.82 Å². The predicted molar refractivity (Wildman–Crippen MR) is 82.0 cm³/mol. The van der Waals surface area contributed by atoms with E-state index in [0.29, 0.717) is 0 Å². The van der Waals surface area contributed by atoms with Gasteiger partial charge in [0.2, 0.25) is 0 Å². The second kappa shape index (κ2) is 5.03. The SMILES string of the molecule is CCc1cc(CNC2CC2)cc(N2CC3CCC2C3)n1. The van der Waals surface area contributed by atoms with Crippen molar-refractivity contribution in [3.63, 3.8) is 0 Å². The van der Waals surface area contributed by atoms with E-state index in [1.165, 1.54) is 55.7 Å². The predicted octanol–water partition coefficient (Wildman–Crippen LogP) is 2.88. The van der Waals surface area contributed by atoms with Gasteiger partial charge < -0.3 is 10.2 Å². The minimum atomic E-state index is 0.767. The molecule has 2 heterocycles. The average Bonchev–Trinajstić information content (AvgIpc) is 3.07. The highest BCUT2D eigenvalue weighted by Crippen LogP contribution is 2.39. The van der Waals surface area contributed by atoms with E-state index >= 15 is 0 Å². The van der Waals surface area contributed by atoms with Gasteiger partial charge in [-0.1, -0.05) is 6.92 Å². The van der Waals surface area contributed by atoms with Gasteiger partial charge in [-0.15, -0.1) is 0 Å². The van der Waals surface area contributed by atoms with Crippen LogP contribution in [0.15, 0.2) is 12.1 Å². The molecule has 2 bridgehead atoms. The standard InChI is InChI=1S/C17H25N3/c1-2-14-7-13(10-18-15-4-5-15)9-17(19-14)20-11-12-3-6-16(20)8-12/h7,9,12,15-16,18H,2-6,8,10-11H2,1H3. The van der Waals surface area contributed by atoms with Crippen molar-refractivity contribution in [2.45, 2.75) is 64.1 Å². The molecule has 1 N–H and O–H groups in total. The molecule has 0 aromatic carbocycles. The van der Waals surface area contributed by atoms with Crippen molar-refractivity contribution >= 4 is 5.82 Å². The maximum Gasteiger partial charge on any atom is 0.129 e. The molecule has 20 heavy (non-hydrogen) atoms. The second-order valence-electron chi connectivity index (χ2n) is 6.82. The molecule has 3 heteroatoms. The first-order valence-corrected chi connectivity index (χ1v) is 8.31. The number of aryl methyl sites for hydroxylation is 1. The maximum absolute atomic E-state index is 4.89. The summed E-state index contributed by atoms with van der Waals surface area (Å²) in [7, 11) is 0. The van der Waals surface area contributed by atoms with Gasteiger partial charge in [0.25, 0.3) is 0 Å². The fraction of sp³-hybridized carbons (Fsp3) is 0.706. The summed E-state index contributed by atoms with van der Waals surface area (Å²) in [6.45, 7) is 4.45.